The van der Waals surface area contributed by atoms with Crippen molar-refractivity contribution < 1.29 is 22.3 Å². The van der Waals surface area contributed by atoms with Gasteiger partial charge in [0.05, 0.1) is 0 Å². The van der Waals surface area contributed by atoms with Crippen molar-refractivity contribution in [1.29, 1.82) is 0 Å². The molecular formula is C14H9BrF4O. The van der Waals surface area contributed by atoms with E-state index in [9.17, 15) is 17.6 Å². The lowest BCUT2D eigenvalue weighted by molar-refractivity contribution is -0.274. The molecule has 0 bridgehead atoms. The normalized spacial score (nSPS) is 11.4. The summed E-state index contributed by atoms with van der Waals surface area (Å²) in [6, 6.07) is 9.77. The van der Waals surface area contributed by atoms with Gasteiger partial charge in [-0.25, -0.2) is 4.39 Å². The molecule has 2 rings (SSSR count). The molecule has 0 aromatic heterocycles. The molecule has 0 atom stereocenters. The third kappa shape index (κ3) is 3.96. The quantitative estimate of drug-likeness (QED) is 0.541. The number of alkyl halides is 4. The van der Waals surface area contributed by atoms with Crippen molar-refractivity contribution in [3.8, 4) is 16.9 Å². The van der Waals surface area contributed by atoms with Crippen LogP contribution >= 0.6 is 15.9 Å². The Balaban J connectivity index is 2.28. The van der Waals surface area contributed by atoms with Gasteiger partial charge in [0.2, 0.25) is 0 Å². The first-order valence-electron chi connectivity index (χ1n) is 5.59. The van der Waals surface area contributed by atoms with E-state index in [-0.39, 0.29) is 5.75 Å². The smallest absolute Gasteiger partial charge is 0.406 e. The van der Waals surface area contributed by atoms with Gasteiger partial charge in [-0.1, -0.05) is 34.1 Å². The lowest BCUT2D eigenvalue weighted by atomic mass is 10.0. The van der Waals surface area contributed by atoms with Crippen LogP contribution in [0.2, 0.25) is 0 Å². The Morgan fingerprint density at radius 2 is 1.60 bits per heavy atom. The Hall–Kier alpha value is -1.56. The second kappa shape index (κ2) is 5.83. The lowest BCUT2D eigenvalue weighted by Crippen LogP contribution is -2.16. The lowest BCUT2D eigenvalue weighted by Gasteiger charge is -2.10. The molecule has 0 spiro atoms. The van der Waals surface area contributed by atoms with Gasteiger partial charge in [0, 0.05) is 5.33 Å². The zero-order chi connectivity index (χ0) is 14.8. The van der Waals surface area contributed by atoms with E-state index in [0.717, 1.165) is 5.56 Å². The van der Waals surface area contributed by atoms with Gasteiger partial charge in [0.25, 0.3) is 0 Å². The number of ether oxygens (including phenoxy) is 1. The number of rotatable bonds is 3. The van der Waals surface area contributed by atoms with E-state index in [0.29, 0.717) is 16.5 Å². The van der Waals surface area contributed by atoms with E-state index >= 15 is 0 Å². The number of halogens is 5. The molecule has 0 fully saturated rings. The third-order valence-corrected chi connectivity index (χ3v) is 3.18. The highest BCUT2D eigenvalue weighted by Crippen LogP contribution is 2.27. The van der Waals surface area contributed by atoms with Crippen molar-refractivity contribution >= 4 is 15.9 Å². The Labute approximate surface area is 121 Å². The van der Waals surface area contributed by atoms with Crippen LogP contribution < -0.4 is 4.74 Å². The first-order valence-corrected chi connectivity index (χ1v) is 6.71. The maximum atomic E-state index is 13.4. The maximum absolute atomic E-state index is 13.4. The summed E-state index contributed by atoms with van der Waals surface area (Å²) in [6.45, 7) is 0. The summed E-state index contributed by atoms with van der Waals surface area (Å²) in [6.07, 6.45) is -4.72. The van der Waals surface area contributed by atoms with Crippen LogP contribution in [0, 0.1) is 5.82 Å². The average Bonchev–Trinajstić information content (AvgIpc) is 2.37. The molecule has 0 saturated carbocycles. The minimum Gasteiger partial charge on any atom is -0.406 e. The Kier molecular flexibility index (Phi) is 4.32. The SMILES string of the molecule is Fc1cc(CBr)cc(-c2ccc(OC(F)(F)F)cc2)c1. The van der Waals surface area contributed by atoms with Crippen molar-refractivity contribution in [2.24, 2.45) is 0 Å². The van der Waals surface area contributed by atoms with Gasteiger partial charge >= 0.3 is 6.36 Å². The van der Waals surface area contributed by atoms with Crippen LogP contribution in [0.25, 0.3) is 11.1 Å². The maximum Gasteiger partial charge on any atom is 0.573 e. The molecule has 20 heavy (non-hydrogen) atoms. The van der Waals surface area contributed by atoms with Crippen LogP contribution in [-0.4, -0.2) is 6.36 Å². The van der Waals surface area contributed by atoms with Crippen molar-refractivity contribution in [3.63, 3.8) is 0 Å². The van der Waals surface area contributed by atoms with Gasteiger partial charge in [-0.2, -0.15) is 0 Å². The number of hydrogen-bond acceptors (Lipinski definition) is 1. The summed E-state index contributed by atoms with van der Waals surface area (Å²) in [5.41, 5.74) is 1.95. The molecule has 2 aromatic carbocycles. The van der Waals surface area contributed by atoms with Gasteiger partial charge in [-0.3, -0.25) is 0 Å². The minimum atomic E-state index is -4.72. The van der Waals surface area contributed by atoms with Gasteiger partial charge in [-0.15, -0.1) is 13.2 Å². The molecule has 0 aliphatic carbocycles. The largest absolute Gasteiger partial charge is 0.573 e. The fourth-order valence-electron chi connectivity index (χ4n) is 1.74. The van der Waals surface area contributed by atoms with Gasteiger partial charge < -0.3 is 4.74 Å². The van der Waals surface area contributed by atoms with Crippen molar-refractivity contribution in [3.05, 3.63) is 53.8 Å². The highest BCUT2D eigenvalue weighted by Gasteiger charge is 2.30. The number of hydrogen-bond donors (Lipinski definition) is 0. The molecule has 0 radical (unpaired) electrons. The van der Waals surface area contributed by atoms with Crippen LogP contribution in [0.3, 0.4) is 0 Å². The van der Waals surface area contributed by atoms with Gasteiger partial charge in [0.15, 0.2) is 0 Å². The van der Waals surface area contributed by atoms with E-state index < -0.39 is 12.2 Å². The summed E-state index contributed by atoms with van der Waals surface area (Å²) in [5.74, 6) is -0.703. The highest BCUT2D eigenvalue weighted by molar-refractivity contribution is 9.08. The predicted octanol–water partition coefficient (Wildman–Crippen LogP) is 5.29. The first-order chi connectivity index (χ1) is 9.37. The topological polar surface area (TPSA) is 9.23 Å². The summed E-state index contributed by atoms with van der Waals surface area (Å²) < 4.78 is 53.3. The zero-order valence-corrected chi connectivity index (χ0v) is 11.6. The molecule has 6 heteroatoms. The van der Waals surface area contributed by atoms with Gasteiger partial charge in [0.1, 0.15) is 11.6 Å². The van der Waals surface area contributed by atoms with E-state index in [1.165, 1.54) is 36.4 Å². The molecule has 0 heterocycles. The fourth-order valence-corrected chi connectivity index (χ4v) is 2.07. The Morgan fingerprint density at radius 3 is 2.15 bits per heavy atom. The fraction of sp³-hybridized carbons (Fsp3) is 0.143. The third-order valence-electron chi connectivity index (χ3n) is 2.53. The second-order valence-corrected chi connectivity index (χ2v) is 4.61. The summed E-state index contributed by atoms with van der Waals surface area (Å²) in [7, 11) is 0. The molecule has 0 aliphatic rings. The van der Waals surface area contributed by atoms with Crippen LogP contribution in [0.1, 0.15) is 5.56 Å². The molecule has 0 saturated heterocycles. The van der Waals surface area contributed by atoms with Crippen LogP contribution in [0.15, 0.2) is 42.5 Å². The Bertz CT molecular complexity index is 593. The highest BCUT2D eigenvalue weighted by atomic mass is 79.9. The summed E-state index contributed by atoms with van der Waals surface area (Å²) >= 11 is 3.23. The van der Waals surface area contributed by atoms with E-state index in [2.05, 4.69) is 20.7 Å². The minimum absolute atomic E-state index is 0.307. The van der Waals surface area contributed by atoms with Crippen LogP contribution in [-0.2, 0) is 5.33 Å². The molecule has 1 nitrogen and oxygen atoms in total. The average molecular weight is 349 g/mol. The predicted molar refractivity (Wildman–Crippen MR) is 71.2 cm³/mol. The van der Waals surface area contributed by atoms with Crippen molar-refractivity contribution in [2.75, 3.05) is 0 Å². The molecule has 0 N–H and O–H groups in total. The molecule has 0 aliphatic heterocycles. The van der Waals surface area contributed by atoms with Crippen LogP contribution in [0.5, 0.6) is 5.75 Å². The standard InChI is InChI=1S/C14H9BrF4O/c15-8-9-5-11(7-12(16)6-9)10-1-3-13(4-2-10)20-14(17,18)19/h1-7H,8H2. The van der Waals surface area contributed by atoms with E-state index in [1.54, 1.807) is 6.07 Å². The first kappa shape index (κ1) is 14.8. The molecular weight excluding hydrogens is 340 g/mol. The zero-order valence-electron chi connectivity index (χ0n) is 10.0. The monoisotopic (exact) mass is 348 g/mol. The van der Waals surface area contributed by atoms with Crippen LogP contribution in [0.4, 0.5) is 17.6 Å². The second-order valence-electron chi connectivity index (χ2n) is 4.05. The van der Waals surface area contributed by atoms with E-state index in [1.807, 2.05) is 0 Å². The molecule has 0 unspecified atom stereocenters. The molecule has 0 amide bonds. The van der Waals surface area contributed by atoms with Gasteiger partial charge in [-0.05, 0) is 41.0 Å². The van der Waals surface area contributed by atoms with Crippen molar-refractivity contribution in [1.82, 2.24) is 0 Å². The molecule has 106 valence electrons. The Morgan fingerprint density at radius 1 is 0.950 bits per heavy atom. The summed E-state index contributed by atoms with van der Waals surface area (Å²) in [4.78, 5) is 0. The van der Waals surface area contributed by atoms with E-state index in [4.69, 9.17) is 0 Å². The number of benzene rings is 2. The summed E-state index contributed by atoms with van der Waals surface area (Å²) in [5, 5.41) is 0.493. The van der Waals surface area contributed by atoms with Crippen molar-refractivity contribution in [2.45, 2.75) is 11.7 Å². The molecule has 2 aromatic rings.